The number of hydrogen-bond acceptors (Lipinski definition) is 3. The summed E-state index contributed by atoms with van der Waals surface area (Å²) in [6.07, 6.45) is 0.356. The van der Waals surface area contributed by atoms with Crippen LogP contribution in [0.3, 0.4) is 0 Å². The average Bonchev–Trinajstić information content (AvgIpc) is 2.71. The molecule has 0 saturated heterocycles. The van der Waals surface area contributed by atoms with Gasteiger partial charge in [-0.25, -0.2) is 4.39 Å². The molecular formula is C13H8ClFO3S. The number of benzene rings is 1. The SMILES string of the molecule is O=Cc1cc(CC(=O)O)c(-c2ccc(Cl)cc2F)s1. The van der Waals surface area contributed by atoms with Gasteiger partial charge < -0.3 is 5.11 Å². The van der Waals surface area contributed by atoms with Crippen LogP contribution in [-0.2, 0) is 11.2 Å². The first kappa shape index (κ1) is 13.7. The fourth-order valence-electron chi connectivity index (χ4n) is 1.70. The average molecular weight is 299 g/mol. The number of thiophene rings is 1. The quantitative estimate of drug-likeness (QED) is 0.877. The van der Waals surface area contributed by atoms with E-state index in [2.05, 4.69) is 0 Å². The number of halogens is 2. The summed E-state index contributed by atoms with van der Waals surface area (Å²) in [7, 11) is 0. The predicted octanol–water partition coefficient (Wildman–Crippen LogP) is 3.65. The van der Waals surface area contributed by atoms with Crippen LogP contribution in [0.15, 0.2) is 24.3 Å². The maximum Gasteiger partial charge on any atom is 0.307 e. The molecule has 0 amide bonds. The molecule has 98 valence electrons. The first-order valence-electron chi connectivity index (χ1n) is 5.26. The van der Waals surface area contributed by atoms with Crippen molar-refractivity contribution in [2.24, 2.45) is 0 Å². The number of carbonyl (C=O) groups excluding carboxylic acids is 1. The molecule has 1 N–H and O–H groups in total. The summed E-state index contributed by atoms with van der Waals surface area (Å²) in [5, 5.41) is 9.09. The van der Waals surface area contributed by atoms with Crippen molar-refractivity contribution in [3.05, 3.63) is 45.5 Å². The Balaban J connectivity index is 2.56. The van der Waals surface area contributed by atoms with Crippen LogP contribution in [-0.4, -0.2) is 17.4 Å². The van der Waals surface area contributed by atoms with Gasteiger partial charge in [0.15, 0.2) is 6.29 Å². The minimum Gasteiger partial charge on any atom is -0.481 e. The van der Waals surface area contributed by atoms with Gasteiger partial charge in [0.05, 0.1) is 11.3 Å². The van der Waals surface area contributed by atoms with Crippen molar-refractivity contribution < 1.29 is 19.1 Å². The van der Waals surface area contributed by atoms with Crippen LogP contribution in [0.2, 0.25) is 5.02 Å². The monoisotopic (exact) mass is 298 g/mol. The van der Waals surface area contributed by atoms with Crippen LogP contribution < -0.4 is 0 Å². The lowest BCUT2D eigenvalue weighted by atomic mass is 10.1. The number of carboxylic acids is 1. The summed E-state index contributed by atoms with van der Waals surface area (Å²) in [5.74, 6) is -1.58. The number of carbonyl (C=O) groups is 2. The summed E-state index contributed by atoms with van der Waals surface area (Å²) in [6, 6.07) is 5.62. The Bertz CT molecular complexity index is 651. The Labute approximate surface area is 117 Å². The lowest BCUT2D eigenvalue weighted by Crippen LogP contribution is -2.00. The highest BCUT2D eigenvalue weighted by Crippen LogP contribution is 2.35. The first-order valence-corrected chi connectivity index (χ1v) is 6.46. The van der Waals surface area contributed by atoms with E-state index >= 15 is 0 Å². The normalized spacial score (nSPS) is 10.4. The third-order valence-electron chi connectivity index (χ3n) is 2.46. The zero-order valence-corrected chi connectivity index (χ0v) is 11.1. The molecule has 2 aromatic rings. The number of aldehydes is 1. The molecule has 1 aromatic carbocycles. The van der Waals surface area contributed by atoms with E-state index in [1.54, 1.807) is 0 Å². The van der Waals surface area contributed by atoms with Gasteiger partial charge in [-0.2, -0.15) is 0 Å². The second-order valence-corrected chi connectivity index (χ2v) is 5.34. The third-order valence-corrected chi connectivity index (χ3v) is 3.83. The van der Waals surface area contributed by atoms with Gasteiger partial charge >= 0.3 is 5.97 Å². The summed E-state index contributed by atoms with van der Waals surface area (Å²) < 4.78 is 13.9. The van der Waals surface area contributed by atoms with E-state index < -0.39 is 11.8 Å². The van der Waals surface area contributed by atoms with Gasteiger partial charge in [0.1, 0.15) is 5.82 Å². The van der Waals surface area contributed by atoms with Crippen molar-refractivity contribution >= 4 is 35.2 Å². The fraction of sp³-hybridized carbons (Fsp3) is 0.0769. The minimum absolute atomic E-state index is 0.249. The van der Waals surface area contributed by atoms with E-state index in [1.807, 2.05) is 0 Å². The minimum atomic E-state index is -1.04. The van der Waals surface area contributed by atoms with Gasteiger partial charge in [-0.15, -0.1) is 11.3 Å². The standard InChI is InChI=1S/C13H8ClFO3S/c14-8-1-2-10(11(15)5-8)13-7(4-12(17)18)3-9(6-16)19-13/h1-3,5-6H,4H2,(H,17,18). The molecule has 3 nitrogen and oxygen atoms in total. The van der Waals surface area contributed by atoms with Gasteiger partial charge in [-0.1, -0.05) is 11.6 Å². The van der Waals surface area contributed by atoms with Crippen molar-refractivity contribution in [2.75, 3.05) is 0 Å². The van der Waals surface area contributed by atoms with Gasteiger partial charge in [0.2, 0.25) is 0 Å². The largest absolute Gasteiger partial charge is 0.481 e. The highest BCUT2D eigenvalue weighted by atomic mass is 35.5. The van der Waals surface area contributed by atoms with Crippen molar-refractivity contribution in [3.8, 4) is 10.4 Å². The topological polar surface area (TPSA) is 54.4 Å². The Morgan fingerprint density at radius 1 is 1.42 bits per heavy atom. The Kier molecular flexibility index (Phi) is 3.97. The lowest BCUT2D eigenvalue weighted by molar-refractivity contribution is -0.136. The molecule has 0 aliphatic rings. The number of rotatable bonds is 4. The lowest BCUT2D eigenvalue weighted by Gasteiger charge is -2.04. The van der Waals surface area contributed by atoms with E-state index in [1.165, 1.54) is 18.2 Å². The summed E-state index contributed by atoms with van der Waals surface area (Å²) in [4.78, 5) is 22.4. The molecular weight excluding hydrogens is 291 g/mol. The Morgan fingerprint density at radius 2 is 2.16 bits per heavy atom. The number of hydrogen-bond donors (Lipinski definition) is 1. The molecule has 0 atom stereocenters. The maximum absolute atomic E-state index is 13.9. The highest BCUT2D eigenvalue weighted by molar-refractivity contribution is 7.17. The predicted molar refractivity (Wildman–Crippen MR) is 71.5 cm³/mol. The molecule has 0 radical (unpaired) electrons. The summed E-state index contributed by atoms with van der Waals surface area (Å²) in [5.41, 5.74) is 0.666. The van der Waals surface area contributed by atoms with Gasteiger partial charge in [0.25, 0.3) is 0 Å². The van der Waals surface area contributed by atoms with Crippen LogP contribution in [0.4, 0.5) is 4.39 Å². The van der Waals surface area contributed by atoms with E-state index in [-0.39, 0.29) is 17.0 Å². The first-order chi connectivity index (χ1) is 9.01. The van der Waals surface area contributed by atoms with Crippen LogP contribution in [0, 0.1) is 5.82 Å². The molecule has 1 aromatic heterocycles. The second kappa shape index (κ2) is 5.50. The zero-order valence-electron chi connectivity index (χ0n) is 9.52. The molecule has 6 heteroatoms. The molecule has 2 rings (SSSR count). The van der Waals surface area contributed by atoms with Gasteiger partial charge in [-0.05, 0) is 29.8 Å². The molecule has 0 unspecified atom stereocenters. The molecule has 0 aliphatic carbocycles. The summed E-state index contributed by atoms with van der Waals surface area (Å²) in [6.45, 7) is 0. The van der Waals surface area contributed by atoms with Gasteiger partial charge in [-0.3, -0.25) is 9.59 Å². The molecule has 0 aliphatic heterocycles. The zero-order chi connectivity index (χ0) is 14.0. The second-order valence-electron chi connectivity index (χ2n) is 3.82. The van der Waals surface area contributed by atoms with Crippen molar-refractivity contribution in [1.29, 1.82) is 0 Å². The van der Waals surface area contributed by atoms with Crippen molar-refractivity contribution in [2.45, 2.75) is 6.42 Å². The van der Waals surface area contributed by atoms with Crippen LogP contribution in [0.1, 0.15) is 15.2 Å². The summed E-state index contributed by atoms with van der Waals surface area (Å²) >= 11 is 6.73. The van der Waals surface area contributed by atoms with E-state index in [0.29, 0.717) is 21.6 Å². The van der Waals surface area contributed by atoms with Crippen LogP contribution >= 0.6 is 22.9 Å². The van der Waals surface area contributed by atoms with Gasteiger partial charge in [0, 0.05) is 15.5 Å². The Morgan fingerprint density at radius 3 is 2.74 bits per heavy atom. The third kappa shape index (κ3) is 3.00. The van der Waals surface area contributed by atoms with E-state index in [9.17, 15) is 14.0 Å². The number of aliphatic carboxylic acids is 1. The molecule has 1 heterocycles. The van der Waals surface area contributed by atoms with Crippen molar-refractivity contribution in [3.63, 3.8) is 0 Å². The maximum atomic E-state index is 13.9. The van der Waals surface area contributed by atoms with E-state index in [4.69, 9.17) is 16.7 Å². The van der Waals surface area contributed by atoms with E-state index in [0.717, 1.165) is 17.4 Å². The number of carboxylic acid groups (broad SMARTS) is 1. The molecule has 0 spiro atoms. The van der Waals surface area contributed by atoms with Crippen LogP contribution in [0.5, 0.6) is 0 Å². The molecule has 0 bridgehead atoms. The molecule has 0 fully saturated rings. The molecule has 0 saturated carbocycles. The molecule has 19 heavy (non-hydrogen) atoms. The van der Waals surface area contributed by atoms with Crippen LogP contribution in [0.25, 0.3) is 10.4 Å². The fourth-order valence-corrected chi connectivity index (χ4v) is 2.89. The highest BCUT2D eigenvalue weighted by Gasteiger charge is 2.16. The Hall–Kier alpha value is -1.72. The smallest absolute Gasteiger partial charge is 0.307 e. The van der Waals surface area contributed by atoms with Crippen molar-refractivity contribution in [1.82, 2.24) is 0 Å².